The molecule has 2 fully saturated rings. The fourth-order valence-electron chi connectivity index (χ4n) is 4.11. The summed E-state index contributed by atoms with van der Waals surface area (Å²) in [5, 5.41) is 6.59. The minimum atomic E-state index is 0. The van der Waals surface area contributed by atoms with E-state index < -0.39 is 0 Å². The highest BCUT2D eigenvalue weighted by molar-refractivity contribution is 5.85. The van der Waals surface area contributed by atoms with Crippen LogP contribution in [0.15, 0.2) is 54.6 Å². The Balaban J connectivity index is 0.00000240. The average Bonchev–Trinajstić information content (AvgIpc) is 3.55. The highest BCUT2D eigenvalue weighted by atomic mass is 35.5. The average molecular weight is 415 g/mol. The van der Waals surface area contributed by atoms with Crippen molar-refractivity contribution in [2.24, 2.45) is 11.8 Å². The van der Waals surface area contributed by atoms with Crippen molar-refractivity contribution in [3.8, 4) is 5.75 Å². The van der Waals surface area contributed by atoms with Gasteiger partial charge in [-0.15, -0.1) is 12.4 Å². The lowest BCUT2D eigenvalue weighted by Crippen LogP contribution is -2.33. The van der Waals surface area contributed by atoms with Crippen molar-refractivity contribution in [3.05, 3.63) is 65.7 Å². The second-order valence-corrected chi connectivity index (χ2v) is 8.08. The number of hydrogen-bond acceptors (Lipinski definition) is 3. The van der Waals surface area contributed by atoms with Crippen molar-refractivity contribution in [1.29, 1.82) is 0 Å². The number of carbonyl (C=O) groups is 1. The lowest BCUT2D eigenvalue weighted by Gasteiger charge is -2.22. The fourth-order valence-corrected chi connectivity index (χ4v) is 4.11. The number of nitrogens with one attached hydrogen (secondary N) is 2. The van der Waals surface area contributed by atoms with Gasteiger partial charge in [-0.25, -0.2) is 0 Å². The van der Waals surface area contributed by atoms with E-state index in [4.69, 9.17) is 4.74 Å². The van der Waals surface area contributed by atoms with Gasteiger partial charge in [0.15, 0.2) is 0 Å². The SMILES string of the molecule is Cl.O=C(NCCC1CCCNC1)C1CC1c1ccc(OCc2ccccc2)cc1. The van der Waals surface area contributed by atoms with Crippen LogP contribution in [-0.4, -0.2) is 25.5 Å². The number of rotatable bonds is 8. The number of piperidine rings is 1. The Morgan fingerprint density at radius 3 is 2.62 bits per heavy atom. The molecule has 4 rings (SSSR count). The molecule has 2 N–H and O–H groups in total. The summed E-state index contributed by atoms with van der Waals surface area (Å²) in [6, 6.07) is 18.4. The van der Waals surface area contributed by atoms with Gasteiger partial charge < -0.3 is 15.4 Å². The van der Waals surface area contributed by atoms with E-state index in [1.54, 1.807) is 0 Å². The third kappa shape index (κ3) is 6.22. The number of benzene rings is 2. The maximum absolute atomic E-state index is 12.4. The van der Waals surface area contributed by atoms with Gasteiger partial charge in [0.05, 0.1) is 0 Å². The van der Waals surface area contributed by atoms with Crippen LogP contribution in [0.2, 0.25) is 0 Å². The number of hydrogen-bond donors (Lipinski definition) is 2. The van der Waals surface area contributed by atoms with E-state index in [9.17, 15) is 4.79 Å². The van der Waals surface area contributed by atoms with Crippen LogP contribution in [0, 0.1) is 11.8 Å². The predicted molar refractivity (Wildman–Crippen MR) is 119 cm³/mol. The van der Waals surface area contributed by atoms with E-state index in [1.165, 1.54) is 18.4 Å². The van der Waals surface area contributed by atoms with Gasteiger partial charge in [0.1, 0.15) is 12.4 Å². The van der Waals surface area contributed by atoms with E-state index in [0.29, 0.717) is 18.4 Å². The molecule has 1 saturated carbocycles. The van der Waals surface area contributed by atoms with Crippen molar-refractivity contribution < 1.29 is 9.53 Å². The molecule has 0 bridgehead atoms. The van der Waals surface area contributed by atoms with Crippen LogP contribution in [0.1, 0.15) is 42.7 Å². The first-order valence-electron chi connectivity index (χ1n) is 10.5. The molecule has 156 valence electrons. The van der Waals surface area contributed by atoms with Gasteiger partial charge in [0.2, 0.25) is 5.91 Å². The van der Waals surface area contributed by atoms with Crippen molar-refractivity contribution >= 4 is 18.3 Å². The lowest BCUT2D eigenvalue weighted by atomic mass is 9.96. The van der Waals surface area contributed by atoms with E-state index >= 15 is 0 Å². The van der Waals surface area contributed by atoms with E-state index in [1.807, 2.05) is 30.3 Å². The highest BCUT2D eigenvalue weighted by Crippen LogP contribution is 2.47. The van der Waals surface area contributed by atoms with Crippen LogP contribution in [0.4, 0.5) is 0 Å². The van der Waals surface area contributed by atoms with Crippen molar-refractivity contribution in [3.63, 3.8) is 0 Å². The number of halogens is 1. The van der Waals surface area contributed by atoms with Gasteiger partial charge in [-0.2, -0.15) is 0 Å². The second kappa shape index (κ2) is 10.7. The first-order valence-corrected chi connectivity index (χ1v) is 10.5. The monoisotopic (exact) mass is 414 g/mol. The van der Waals surface area contributed by atoms with Gasteiger partial charge in [-0.1, -0.05) is 42.5 Å². The van der Waals surface area contributed by atoms with Gasteiger partial charge in [0, 0.05) is 12.5 Å². The topological polar surface area (TPSA) is 50.4 Å². The standard InChI is InChI=1S/C24H30N2O2.ClH/c27-24(26-14-12-18-7-4-13-25-16-18)23-15-22(23)20-8-10-21(11-9-20)28-17-19-5-2-1-3-6-19;/h1-3,5-6,8-11,18,22-23,25H,4,7,12-17H2,(H,26,27);1H. The zero-order chi connectivity index (χ0) is 19.2. The molecule has 1 saturated heterocycles. The van der Waals surface area contributed by atoms with Crippen molar-refractivity contribution in [2.75, 3.05) is 19.6 Å². The molecule has 1 aliphatic carbocycles. The Bertz CT molecular complexity index is 760. The minimum Gasteiger partial charge on any atom is -0.489 e. The number of amides is 1. The van der Waals surface area contributed by atoms with E-state index in [2.05, 4.69) is 34.9 Å². The molecule has 3 atom stereocenters. The first kappa shape index (κ1) is 21.7. The minimum absolute atomic E-state index is 0. The molecule has 0 radical (unpaired) electrons. The van der Waals surface area contributed by atoms with Gasteiger partial charge in [0.25, 0.3) is 0 Å². The Labute approximate surface area is 179 Å². The molecule has 1 amide bonds. The maximum atomic E-state index is 12.4. The maximum Gasteiger partial charge on any atom is 0.223 e. The largest absolute Gasteiger partial charge is 0.489 e. The molecule has 0 spiro atoms. The van der Waals surface area contributed by atoms with Crippen LogP contribution in [0.5, 0.6) is 5.75 Å². The summed E-state index contributed by atoms with van der Waals surface area (Å²) in [7, 11) is 0. The summed E-state index contributed by atoms with van der Waals surface area (Å²) >= 11 is 0. The summed E-state index contributed by atoms with van der Waals surface area (Å²) in [5.41, 5.74) is 2.40. The lowest BCUT2D eigenvalue weighted by molar-refractivity contribution is -0.122. The van der Waals surface area contributed by atoms with E-state index in [-0.39, 0.29) is 24.2 Å². The van der Waals surface area contributed by atoms with E-state index in [0.717, 1.165) is 43.8 Å². The molecule has 1 aliphatic heterocycles. The smallest absolute Gasteiger partial charge is 0.223 e. The molecule has 29 heavy (non-hydrogen) atoms. The second-order valence-electron chi connectivity index (χ2n) is 8.08. The fraction of sp³-hybridized carbons (Fsp3) is 0.458. The first-order chi connectivity index (χ1) is 13.8. The molecule has 4 nitrogen and oxygen atoms in total. The molecule has 1 heterocycles. The summed E-state index contributed by atoms with van der Waals surface area (Å²) in [5.74, 6) is 2.31. The van der Waals surface area contributed by atoms with Crippen LogP contribution in [0.25, 0.3) is 0 Å². The Morgan fingerprint density at radius 1 is 1.10 bits per heavy atom. The molecule has 0 aromatic heterocycles. The third-order valence-electron chi connectivity index (χ3n) is 5.93. The summed E-state index contributed by atoms with van der Waals surface area (Å²) in [4.78, 5) is 12.4. The van der Waals surface area contributed by atoms with Crippen LogP contribution >= 0.6 is 12.4 Å². The zero-order valence-electron chi connectivity index (χ0n) is 16.8. The summed E-state index contributed by atoms with van der Waals surface area (Å²) in [6.07, 6.45) is 4.59. The van der Waals surface area contributed by atoms with Crippen LogP contribution in [-0.2, 0) is 11.4 Å². The Morgan fingerprint density at radius 2 is 1.90 bits per heavy atom. The number of carbonyl (C=O) groups excluding carboxylic acids is 1. The zero-order valence-corrected chi connectivity index (χ0v) is 17.6. The Kier molecular flexibility index (Phi) is 7.96. The molecule has 2 aliphatic rings. The molecular formula is C24H31ClN2O2. The molecular weight excluding hydrogens is 384 g/mol. The van der Waals surface area contributed by atoms with Gasteiger partial charge in [-0.05, 0) is 73.9 Å². The number of ether oxygens (including phenoxy) is 1. The molecule has 3 unspecified atom stereocenters. The molecule has 2 aromatic rings. The quantitative estimate of drug-likeness (QED) is 0.677. The highest BCUT2D eigenvalue weighted by Gasteiger charge is 2.43. The summed E-state index contributed by atoms with van der Waals surface area (Å²) < 4.78 is 5.85. The van der Waals surface area contributed by atoms with Crippen LogP contribution < -0.4 is 15.4 Å². The van der Waals surface area contributed by atoms with Crippen molar-refractivity contribution in [1.82, 2.24) is 10.6 Å². The Hall–Kier alpha value is -2.04. The molecule has 5 heteroatoms. The molecule has 2 aromatic carbocycles. The van der Waals surface area contributed by atoms with Crippen LogP contribution in [0.3, 0.4) is 0 Å². The predicted octanol–water partition coefficient (Wildman–Crippen LogP) is 4.30. The summed E-state index contributed by atoms with van der Waals surface area (Å²) in [6.45, 7) is 3.62. The van der Waals surface area contributed by atoms with Gasteiger partial charge in [-0.3, -0.25) is 4.79 Å². The van der Waals surface area contributed by atoms with Gasteiger partial charge >= 0.3 is 0 Å². The third-order valence-corrected chi connectivity index (χ3v) is 5.93. The van der Waals surface area contributed by atoms with Crippen molar-refractivity contribution in [2.45, 2.75) is 38.2 Å². The normalized spacial score (nSPS) is 23.0.